The van der Waals surface area contributed by atoms with Gasteiger partial charge in [0.15, 0.2) is 5.82 Å². The van der Waals surface area contributed by atoms with Crippen molar-refractivity contribution in [3.63, 3.8) is 0 Å². The van der Waals surface area contributed by atoms with Crippen LogP contribution in [0.25, 0.3) is 17.2 Å². The van der Waals surface area contributed by atoms with Crippen molar-refractivity contribution in [1.29, 1.82) is 0 Å². The molecule has 4 aromatic rings. The summed E-state index contributed by atoms with van der Waals surface area (Å²) in [6, 6.07) is 8.91. The molecule has 0 bridgehead atoms. The number of H-pyrrole nitrogens is 1. The van der Waals surface area contributed by atoms with Gasteiger partial charge in [-0.3, -0.25) is 29.4 Å². The number of hydrogen-bond acceptors (Lipinski definition) is 6. The van der Waals surface area contributed by atoms with Crippen molar-refractivity contribution in [2.75, 3.05) is 5.32 Å². The van der Waals surface area contributed by atoms with Crippen LogP contribution >= 0.6 is 0 Å². The molecule has 26 heavy (non-hydrogen) atoms. The third-order valence-electron chi connectivity index (χ3n) is 3.71. The molecule has 0 spiro atoms. The van der Waals surface area contributed by atoms with Crippen molar-refractivity contribution in [3.05, 3.63) is 70.4 Å². The van der Waals surface area contributed by atoms with Crippen LogP contribution in [-0.2, 0) is 0 Å². The number of hydrogen-bond donors (Lipinski definition) is 2. The second kappa shape index (κ2) is 6.20. The Morgan fingerprint density at radius 2 is 2.08 bits per heavy atom. The van der Waals surface area contributed by atoms with Crippen molar-refractivity contribution in [2.45, 2.75) is 6.92 Å². The molecule has 0 aliphatic carbocycles. The Balaban J connectivity index is 1.63. The van der Waals surface area contributed by atoms with Gasteiger partial charge in [-0.15, -0.1) is 5.10 Å². The molecule has 4 rings (SSSR count). The van der Waals surface area contributed by atoms with E-state index in [0.717, 1.165) is 5.56 Å². The van der Waals surface area contributed by atoms with E-state index in [-0.39, 0.29) is 11.5 Å². The normalized spacial score (nSPS) is 10.8. The van der Waals surface area contributed by atoms with Crippen molar-refractivity contribution in [2.24, 2.45) is 0 Å². The number of rotatable bonds is 3. The number of nitrogens with one attached hydrogen (secondary N) is 2. The van der Waals surface area contributed by atoms with Crippen LogP contribution in [0.1, 0.15) is 15.9 Å². The third kappa shape index (κ3) is 2.81. The SMILES string of the molecule is Cc1ccc2ncc(C(=O)Nc3n[nH]c(-c4ccccn4)n3)c(=O)n2c1. The van der Waals surface area contributed by atoms with E-state index in [2.05, 4.69) is 30.5 Å². The summed E-state index contributed by atoms with van der Waals surface area (Å²) in [7, 11) is 0. The molecule has 0 saturated carbocycles. The monoisotopic (exact) mass is 347 g/mol. The molecule has 0 aliphatic heterocycles. The number of carbonyl (C=O) groups excluding carboxylic acids is 1. The highest BCUT2D eigenvalue weighted by molar-refractivity contribution is 6.03. The first kappa shape index (κ1) is 15.6. The number of carbonyl (C=O) groups is 1. The number of pyridine rings is 2. The van der Waals surface area contributed by atoms with Gasteiger partial charge in [-0.1, -0.05) is 12.1 Å². The first-order valence-corrected chi connectivity index (χ1v) is 7.75. The molecule has 1 amide bonds. The molecular weight excluding hydrogens is 334 g/mol. The minimum absolute atomic E-state index is 0.0457. The van der Waals surface area contributed by atoms with E-state index in [0.29, 0.717) is 17.2 Å². The van der Waals surface area contributed by atoms with Crippen molar-refractivity contribution < 1.29 is 4.79 Å². The molecule has 0 radical (unpaired) electrons. The van der Waals surface area contributed by atoms with E-state index in [1.54, 1.807) is 30.6 Å². The summed E-state index contributed by atoms with van der Waals surface area (Å²) < 4.78 is 1.33. The zero-order valence-corrected chi connectivity index (χ0v) is 13.7. The number of anilines is 1. The topological polar surface area (TPSA) is 118 Å². The molecule has 2 N–H and O–H groups in total. The average Bonchev–Trinajstić information content (AvgIpc) is 3.11. The molecule has 0 atom stereocenters. The van der Waals surface area contributed by atoms with Gasteiger partial charge in [0.05, 0.1) is 0 Å². The number of aromatic amines is 1. The van der Waals surface area contributed by atoms with Crippen LogP contribution in [0.2, 0.25) is 0 Å². The number of nitrogens with zero attached hydrogens (tertiary/aromatic N) is 5. The molecule has 128 valence electrons. The van der Waals surface area contributed by atoms with Crippen molar-refractivity contribution in [3.8, 4) is 11.5 Å². The lowest BCUT2D eigenvalue weighted by Crippen LogP contribution is -2.27. The zero-order valence-electron chi connectivity index (χ0n) is 13.7. The fourth-order valence-electron chi connectivity index (χ4n) is 2.44. The summed E-state index contributed by atoms with van der Waals surface area (Å²) in [5.41, 5.74) is 1.37. The molecule has 0 fully saturated rings. The number of aryl methyl sites for hydroxylation is 1. The fourth-order valence-corrected chi connectivity index (χ4v) is 2.44. The predicted molar refractivity (Wildman–Crippen MR) is 93.8 cm³/mol. The minimum Gasteiger partial charge on any atom is -0.289 e. The van der Waals surface area contributed by atoms with Crippen LogP contribution in [0.4, 0.5) is 5.95 Å². The van der Waals surface area contributed by atoms with E-state index < -0.39 is 11.5 Å². The lowest BCUT2D eigenvalue weighted by atomic mass is 10.3. The molecule has 4 aromatic heterocycles. The Hall–Kier alpha value is -3.88. The highest BCUT2D eigenvalue weighted by atomic mass is 16.2. The van der Waals surface area contributed by atoms with Crippen LogP contribution in [0.5, 0.6) is 0 Å². The maximum Gasteiger partial charge on any atom is 0.270 e. The Kier molecular flexibility index (Phi) is 3.73. The van der Waals surface area contributed by atoms with Crippen LogP contribution in [0, 0.1) is 6.92 Å². The summed E-state index contributed by atoms with van der Waals surface area (Å²) in [6.07, 6.45) is 4.50. The Morgan fingerprint density at radius 3 is 2.88 bits per heavy atom. The Labute approximate surface area is 146 Å². The average molecular weight is 347 g/mol. The lowest BCUT2D eigenvalue weighted by Gasteiger charge is -2.04. The van der Waals surface area contributed by atoms with Gasteiger partial charge in [-0.2, -0.15) is 4.98 Å². The van der Waals surface area contributed by atoms with Gasteiger partial charge in [-0.05, 0) is 30.7 Å². The minimum atomic E-state index is -0.634. The fraction of sp³-hybridized carbons (Fsp3) is 0.0588. The van der Waals surface area contributed by atoms with Gasteiger partial charge >= 0.3 is 0 Å². The predicted octanol–water partition coefficient (Wildman–Crippen LogP) is 1.44. The second-order valence-corrected chi connectivity index (χ2v) is 5.59. The zero-order chi connectivity index (χ0) is 18.1. The number of aromatic nitrogens is 6. The molecule has 0 aliphatic rings. The van der Waals surface area contributed by atoms with Crippen molar-refractivity contribution in [1.82, 2.24) is 29.5 Å². The summed E-state index contributed by atoms with van der Waals surface area (Å²) >= 11 is 0. The smallest absolute Gasteiger partial charge is 0.270 e. The van der Waals surface area contributed by atoms with E-state index in [4.69, 9.17) is 0 Å². The summed E-state index contributed by atoms with van der Waals surface area (Å²) in [5.74, 6) is -0.181. The molecule has 0 saturated heterocycles. The molecule has 9 heteroatoms. The van der Waals surface area contributed by atoms with E-state index in [9.17, 15) is 9.59 Å². The van der Waals surface area contributed by atoms with Gasteiger partial charge in [0.2, 0.25) is 5.95 Å². The maximum atomic E-state index is 12.5. The van der Waals surface area contributed by atoms with E-state index >= 15 is 0 Å². The Morgan fingerprint density at radius 1 is 1.19 bits per heavy atom. The van der Waals surface area contributed by atoms with Crippen LogP contribution in [0.3, 0.4) is 0 Å². The van der Waals surface area contributed by atoms with Crippen LogP contribution in [0.15, 0.2) is 53.7 Å². The van der Waals surface area contributed by atoms with Crippen LogP contribution in [-0.4, -0.2) is 35.5 Å². The Bertz CT molecular complexity index is 1160. The molecule has 0 unspecified atom stereocenters. The third-order valence-corrected chi connectivity index (χ3v) is 3.71. The standard InChI is InChI=1S/C17H13N7O2/c1-10-5-6-13-19-8-11(16(26)24(13)9-10)15(25)21-17-20-14(22-23-17)12-4-2-3-7-18-12/h2-9H,1H3,(H2,20,21,22,23,25). The van der Waals surface area contributed by atoms with Gasteiger partial charge in [0.25, 0.3) is 11.5 Å². The summed E-state index contributed by atoms with van der Waals surface area (Å²) in [5, 5.41) is 9.12. The first-order valence-electron chi connectivity index (χ1n) is 7.75. The summed E-state index contributed by atoms with van der Waals surface area (Å²) in [6.45, 7) is 1.85. The molecule has 9 nitrogen and oxygen atoms in total. The number of amides is 1. The van der Waals surface area contributed by atoms with Gasteiger partial charge in [0, 0.05) is 18.6 Å². The number of fused-ring (bicyclic) bond motifs is 1. The second-order valence-electron chi connectivity index (χ2n) is 5.59. The quantitative estimate of drug-likeness (QED) is 0.579. The van der Waals surface area contributed by atoms with E-state index in [1.807, 2.05) is 19.1 Å². The highest BCUT2D eigenvalue weighted by Gasteiger charge is 2.16. The molecule has 4 heterocycles. The van der Waals surface area contributed by atoms with Gasteiger partial charge in [0.1, 0.15) is 16.9 Å². The first-order chi connectivity index (χ1) is 12.6. The maximum absolute atomic E-state index is 12.5. The highest BCUT2D eigenvalue weighted by Crippen LogP contribution is 2.12. The van der Waals surface area contributed by atoms with Crippen LogP contribution < -0.4 is 10.9 Å². The van der Waals surface area contributed by atoms with E-state index in [1.165, 1.54) is 10.6 Å². The largest absolute Gasteiger partial charge is 0.289 e. The van der Waals surface area contributed by atoms with Gasteiger partial charge in [-0.25, -0.2) is 4.98 Å². The molecular formula is C17H13N7O2. The lowest BCUT2D eigenvalue weighted by molar-refractivity contribution is 0.102. The summed E-state index contributed by atoms with van der Waals surface area (Å²) in [4.78, 5) is 37.4. The van der Waals surface area contributed by atoms with Gasteiger partial charge < -0.3 is 0 Å². The van der Waals surface area contributed by atoms with Crippen molar-refractivity contribution >= 4 is 17.5 Å². The molecule has 0 aromatic carbocycles.